The number of alkyl halides is 3. The van der Waals surface area contributed by atoms with Crippen LogP contribution in [0.15, 0.2) is 53.1 Å². The second kappa shape index (κ2) is 12.1. The van der Waals surface area contributed by atoms with Gasteiger partial charge in [-0.15, -0.1) is 0 Å². The zero-order valence-electron chi connectivity index (χ0n) is 21.2. The highest BCUT2D eigenvalue weighted by Gasteiger charge is 2.33. The summed E-state index contributed by atoms with van der Waals surface area (Å²) < 4.78 is 44.4. The van der Waals surface area contributed by atoms with Crippen LogP contribution in [0.25, 0.3) is 11.5 Å². The third-order valence-corrected chi connectivity index (χ3v) is 6.57. The number of pyridine rings is 2. The van der Waals surface area contributed by atoms with Gasteiger partial charge in [0.25, 0.3) is 11.8 Å². The van der Waals surface area contributed by atoms with Crippen LogP contribution in [0.3, 0.4) is 0 Å². The molecule has 9 nitrogen and oxygen atoms in total. The van der Waals surface area contributed by atoms with Crippen LogP contribution < -0.4 is 16.0 Å². The van der Waals surface area contributed by atoms with Gasteiger partial charge in [0, 0.05) is 19.8 Å². The zero-order valence-corrected chi connectivity index (χ0v) is 21.2. The van der Waals surface area contributed by atoms with Crippen LogP contribution in [0.1, 0.15) is 64.4 Å². The molecule has 12 heteroatoms. The molecule has 3 aromatic heterocycles. The maximum Gasteiger partial charge on any atom is 0.433 e. The van der Waals surface area contributed by atoms with Crippen LogP contribution in [0.5, 0.6) is 0 Å². The Morgan fingerprint density at radius 2 is 1.82 bits per heavy atom. The molecule has 0 aromatic carbocycles. The molecule has 3 amide bonds. The molecule has 3 aromatic rings. The van der Waals surface area contributed by atoms with Gasteiger partial charge >= 0.3 is 6.18 Å². The van der Waals surface area contributed by atoms with Gasteiger partial charge in [-0.3, -0.25) is 19.4 Å². The Balaban J connectivity index is 1.41. The van der Waals surface area contributed by atoms with Crippen molar-refractivity contribution in [1.82, 2.24) is 25.9 Å². The summed E-state index contributed by atoms with van der Waals surface area (Å²) in [5.74, 6) is -1.17. The monoisotopic (exact) mass is 543 g/mol. The molecule has 1 aliphatic rings. The highest BCUT2D eigenvalue weighted by molar-refractivity contribution is 5.96. The molecule has 3 N–H and O–H groups in total. The number of rotatable bonds is 8. The Kier molecular flexibility index (Phi) is 8.62. The number of aromatic nitrogens is 2. The van der Waals surface area contributed by atoms with Crippen molar-refractivity contribution in [1.29, 1.82) is 0 Å². The highest BCUT2D eigenvalue weighted by atomic mass is 19.4. The Hall–Kier alpha value is -4.22. The Morgan fingerprint density at radius 3 is 2.54 bits per heavy atom. The fourth-order valence-corrected chi connectivity index (χ4v) is 4.54. The summed E-state index contributed by atoms with van der Waals surface area (Å²) >= 11 is 0. The summed E-state index contributed by atoms with van der Waals surface area (Å²) in [6.07, 6.45) is 1.68. The molecule has 4 rings (SSSR count). The lowest BCUT2D eigenvalue weighted by molar-refractivity contribution is -0.141. The first-order valence-corrected chi connectivity index (χ1v) is 12.6. The van der Waals surface area contributed by atoms with E-state index >= 15 is 0 Å². The summed E-state index contributed by atoms with van der Waals surface area (Å²) in [6, 6.07) is 8.75. The van der Waals surface area contributed by atoms with Crippen molar-refractivity contribution < 1.29 is 32.0 Å². The lowest BCUT2D eigenvalue weighted by atomic mass is 9.83. The van der Waals surface area contributed by atoms with Gasteiger partial charge in [0.2, 0.25) is 5.91 Å². The van der Waals surface area contributed by atoms with Crippen molar-refractivity contribution in [3.05, 3.63) is 71.4 Å². The lowest BCUT2D eigenvalue weighted by Crippen LogP contribution is -2.50. The van der Waals surface area contributed by atoms with Gasteiger partial charge < -0.3 is 20.4 Å². The number of nitrogens with one attached hydrogen (secondary N) is 3. The number of halogens is 3. The molecule has 3 heterocycles. The van der Waals surface area contributed by atoms with Gasteiger partial charge in [0.15, 0.2) is 11.5 Å². The maximum absolute atomic E-state index is 12.9. The molecule has 206 valence electrons. The second-order valence-corrected chi connectivity index (χ2v) is 9.27. The van der Waals surface area contributed by atoms with E-state index in [1.54, 1.807) is 18.2 Å². The number of amides is 3. The van der Waals surface area contributed by atoms with Crippen molar-refractivity contribution in [3.8, 4) is 11.5 Å². The van der Waals surface area contributed by atoms with Crippen LogP contribution in [0.4, 0.5) is 13.2 Å². The first kappa shape index (κ1) is 27.8. The van der Waals surface area contributed by atoms with Crippen molar-refractivity contribution in [2.24, 2.45) is 5.92 Å². The van der Waals surface area contributed by atoms with Crippen molar-refractivity contribution in [2.45, 2.75) is 50.9 Å². The van der Waals surface area contributed by atoms with E-state index in [4.69, 9.17) is 4.42 Å². The lowest BCUT2D eigenvalue weighted by Gasteiger charge is -2.29. The maximum atomic E-state index is 12.9. The van der Waals surface area contributed by atoms with E-state index in [-0.39, 0.29) is 29.8 Å². The molecular weight excluding hydrogens is 515 g/mol. The summed E-state index contributed by atoms with van der Waals surface area (Å²) in [5, 5.41) is 7.96. The molecule has 0 aliphatic heterocycles. The predicted octanol–water partition coefficient (Wildman–Crippen LogP) is 4.11. The molecular formula is C27H28F3N5O4. The van der Waals surface area contributed by atoms with Crippen molar-refractivity contribution >= 4 is 17.7 Å². The molecule has 0 saturated heterocycles. The smallest absolute Gasteiger partial charge is 0.433 e. The van der Waals surface area contributed by atoms with Gasteiger partial charge in [-0.25, -0.2) is 4.98 Å². The number of likely N-dealkylation sites (N-methyl/N-ethyl adjacent to an activating group) is 1. The first-order valence-electron chi connectivity index (χ1n) is 12.6. The summed E-state index contributed by atoms with van der Waals surface area (Å²) in [7, 11) is 1.53. The molecule has 1 fully saturated rings. The van der Waals surface area contributed by atoms with Crippen LogP contribution >= 0.6 is 0 Å². The quantitative estimate of drug-likeness (QED) is 0.393. The van der Waals surface area contributed by atoms with E-state index < -0.39 is 29.7 Å². The number of carbonyl (C=O) groups is 3. The van der Waals surface area contributed by atoms with Crippen LogP contribution in [-0.2, 0) is 17.5 Å². The minimum Gasteiger partial charge on any atom is -0.449 e. The van der Waals surface area contributed by atoms with E-state index in [0.717, 1.165) is 44.2 Å². The topological polar surface area (TPSA) is 126 Å². The summed E-state index contributed by atoms with van der Waals surface area (Å²) in [6.45, 7) is -0.00444. The van der Waals surface area contributed by atoms with Crippen LogP contribution in [0.2, 0.25) is 0 Å². The summed E-state index contributed by atoms with van der Waals surface area (Å²) in [5.41, 5.74) is -0.531. The fourth-order valence-electron chi connectivity index (χ4n) is 4.54. The normalized spacial score (nSPS) is 14.9. The van der Waals surface area contributed by atoms with E-state index in [9.17, 15) is 27.6 Å². The molecule has 0 bridgehead atoms. The number of nitrogens with zero attached hydrogens (tertiary/aromatic N) is 2. The first-order chi connectivity index (χ1) is 18.7. The molecule has 0 unspecified atom stereocenters. The van der Waals surface area contributed by atoms with E-state index in [0.29, 0.717) is 17.0 Å². The Morgan fingerprint density at radius 1 is 1.05 bits per heavy atom. The number of hydrogen-bond acceptors (Lipinski definition) is 6. The van der Waals surface area contributed by atoms with E-state index in [1.165, 1.54) is 25.4 Å². The van der Waals surface area contributed by atoms with Gasteiger partial charge in [-0.2, -0.15) is 13.2 Å². The fraction of sp³-hybridized carbons (Fsp3) is 0.370. The highest BCUT2D eigenvalue weighted by Crippen LogP contribution is 2.28. The van der Waals surface area contributed by atoms with Gasteiger partial charge in [0.05, 0.1) is 0 Å². The summed E-state index contributed by atoms with van der Waals surface area (Å²) in [4.78, 5) is 45.3. The largest absolute Gasteiger partial charge is 0.449 e. The van der Waals surface area contributed by atoms with Gasteiger partial charge in [-0.05, 0) is 60.7 Å². The second-order valence-electron chi connectivity index (χ2n) is 9.27. The predicted molar refractivity (Wildman–Crippen MR) is 134 cm³/mol. The minimum atomic E-state index is -4.66. The van der Waals surface area contributed by atoms with Crippen LogP contribution in [0, 0.1) is 5.92 Å². The standard InChI is InChI=1S/C27H28F3N5O4/c1-31-26(38)23(17-6-3-2-4-7-17)35-25(37)21-11-10-20(39-21)19-14-16(12-13-32-19)15-33-24(36)18-8-5-9-22(34-18)27(28,29)30/h5,8-14,17,23H,2-4,6-7,15H2,1H3,(H,31,38)(H,33,36)(H,35,37)/t23-/m0/s1. The molecule has 1 atom stereocenters. The molecule has 1 saturated carbocycles. The van der Waals surface area contributed by atoms with Crippen LogP contribution in [-0.4, -0.2) is 40.8 Å². The van der Waals surface area contributed by atoms with Crippen molar-refractivity contribution in [3.63, 3.8) is 0 Å². The Bertz CT molecular complexity index is 1330. The molecule has 0 radical (unpaired) electrons. The number of carbonyl (C=O) groups excluding carboxylic acids is 3. The van der Waals surface area contributed by atoms with E-state index in [2.05, 4.69) is 25.9 Å². The van der Waals surface area contributed by atoms with Crippen molar-refractivity contribution in [2.75, 3.05) is 7.05 Å². The zero-order chi connectivity index (χ0) is 28.0. The third-order valence-electron chi connectivity index (χ3n) is 6.57. The van der Waals surface area contributed by atoms with E-state index in [1.807, 2.05) is 0 Å². The average Bonchev–Trinajstić information content (AvgIpc) is 3.45. The molecule has 0 spiro atoms. The average molecular weight is 544 g/mol. The third kappa shape index (κ3) is 7.01. The molecule has 1 aliphatic carbocycles. The van der Waals surface area contributed by atoms with Gasteiger partial charge in [0.1, 0.15) is 23.1 Å². The number of furan rings is 1. The number of hydrogen-bond donors (Lipinski definition) is 3. The molecule has 39 heavy (non-hydrogen) atoms. The minimum absolute atomic E-state index is 0.00444. The SMILES string of the molecule is CNC(=O)[C@@H](NC(=O)c1ccc(-c2cc(CNC(=O)c3cccc(C(F)(F)F)n3)ccn2)o1)C1CCCCC1. The Labute approximate surface area is 222 Å². The van der Waals surface area contributed by atoms with Gasteiger partial charge in [-0.1, -0.05) is 25.3 Å².